The zero-order chi connectivity index (χ0) is 27.1. The maximum atomic E-state index is 11.3. The first-order valence-electron chi connectivity index (χ1n) is 16.1. The van der Waals surface area contributed by atoms with Gasteiger partial charge in [-0.2, -0.15) is 0 Å². The van der Waals surface area contributed by atoms with Crippen LogP contribution in [0.4, 0.5) is 0 Å². The van der Waals surface area contributed by atoms with Crippen molar-refractivity contribution in [2.45, 2.75) is 121 Å². The van der Waals surface area contributed by atoms with E-state index >= 15 is 0 Å². The molecule has 1 N–H and O–H groups in total. The van der Waals surface area contributed by atoms with Crippen LogP contribution in [0.25, 0.3) is 11.0 Å². The van der Waals surface area contributed by atoms with Crippen LogP contribution in [-0.4, -0.2) is 68.2 Å². The van der Waals surface area contributed by atoms with Gasteiger partial charge < -0.3 is 9.67 Å². The number of likely N-dealkylation sites (tertiary alicyclic amines) is 1. The van der Waals surface area contributed by atoms with E-state index in [9.17, 15) is 9.90 Å². The molecule has 1 saturated carbocycles. The summed E-state index contributed by atoms with van der Waals surface area (Å²) in [5.41, 5.74) is 2.43. The Hall–Kier alpha value is -1.92. The summed E-state index contributed by atoms with van der Waals surface area (Å²) in [7, 11) is 0. The van der Waals surface area contributed by atoms with E-state index in [1.165, 1.54) is 69.1 Å². The Morgan fingerprint density at radius 3 is 2.31 bits per heavy atom. The molecule has 6 heteroatoms. The largest absolute Gasteiger partial charge is 0.480 e. The van der Waals surface area contributed by atoms with Crippen LogP contribution >= 0.6 is 0 Å². The van der Waals surface area contributed by atoms with Crippen LogP contribution in [0.15, 0.2) is 24.3 Å². The van der Waals surface area contributed by atoms with Gasteiger partial charge in [0.25, 0.3) is 0 Å². The minimum absolute atomic E-state index is 0.155. The lowest BCUT2D eigenvalue weighted by atomic mass is 9.70. The van der Waals surface area contributed by atoms with Gasteiger partial charge in [0.1, 0.15) is 5.82 Å². The minimum atomic E-state index is -0.721. The third-order valence-electron chi connectivity index (χ3n) is 11.2. The molecule has 6 atom stereocenters. The number of piperidine rings is 3. The zero-order valence-corrected chi connectivity index (χ0v) is 24.5. The van der Waals surface area contributed by atoms with E-state index < -0.39 is 5.97 Å². The Morgan fingerprint density at radius 2 is 1.62 bits per heavy atom. The van der Waals surface area contributed by atoms with Gasteiger partial charge >= 0.3 is 5.97 Å². The number of hydrogen-bond donors (Lipinski definition) is 1. The number of carbonyl (C=O) groups is 1. The van der Waals surface area contributed by atoms with Crippen molar-refractivity contribution in [3.05, 3.63) is 30.1 Å². The van der Waals surface area contributed by atoms with Crippen LogP contribution in [0.1, 0.15) is 109 Å². The van der Waals surface area contributed by atoms with E-state index in [1.807, 2.05) is 0 Å². The summed E-state index contributed by atoms with van der Waals surface area (Å²) >= 11 is 0. The van der Waals surface area contributed by atoms with Gasteiger partial charge in [0.05, 0.1) is 17.6 Å². The molecule has 0 radical (unpaired) electrons. The highest BCUT2D eigenvalue weighted by Crippen LogP contribution is 2.48. The molecule has 6 unspecified atom stereocenters. The van der Waals surface area contributed by atoms with Crippen LogP contribution < -0.4 is 0 Å². The highest BCUT2D eigenvalue weighted by Gasteiger charge is 2.47. The molecule has 39 heavy (non-hydrogen) atoms. The fraction of sp³-hybridized carbons (Fsp3) is 0.758. The topological polar surface area (TPSA) is 61.6 Å². The van der Waals surface area contributed by atoms with E-state index in [4.69, 9.17) is 4.98 Å². The van der Waals surface area contributed by atoms with Gasteiger partial charge in [0.2, 0.25) is 0 Å². The number of aliphatic carboxylic acids is 1. The number of carboxylic acids is 1. The highest BCUT2D eigenvalue weighted by atomic mass is 16.4. The average Bonchev–Trinajstić information content (AvgIpc) is 3.34. The number of rotatable bonds is 7. The number of aromatic nitrogens is 2. The molecule has 1 aromatic heterocycles. The Labute approximate surface area is 235 Å². The second-order valence-corrected chi connectivity index (χ2v) is 13.5. The lowest BCUT2D eigenvalue weighted by molar-refractivity contribution is -0.138. The summed E-state index contributed by atoms with van der Waals surface area (Å²) in [5.74, 6) is 3.51. The molecule has 3 saturated heterocycles. The van der Waals surface area contributed by atoms with Crippen molar-refractivity contribution >= 4 is 17.0 Å². The van der Waals surface area contributed by atoms with Crippen LogP contribution in [0.5, 0.6) is 0 Å². The number of para-hydroxylation sites is 2. The smallest absolute Gasteiger partial charge is 0.317 e. The zero-order valence-electron chi connectivity index (χ0n) is 24.5. The van der Waals surface area contributed by atoms with Crippen LogP contribution in [0, 0.1) is 17.8 Å². The first kappa shape index (κ1) is 27.3. The fourth-order valence-corrected chi connectivity index (χ4v) is 9.14. The van der Waals surface area contributed by atoms with Crippen LogP contribution in [0.3, 0.4) is 0 Å². The lowest BCUT2D eigenvalue weighted by Crippen LogP contribution is -2.60. The van der Waals surface area contributed by atoms with Crippen molar-refractivity contribution in [3.8, 4) is 0 Å². The Bertz CT molecular complexity index is 1130. The van der Waals surface area contributed by atoms with Gasteiger partial charge in [0, 0.05) is 30.1 Å². The summed E-state index contributed by atoms with van der Waals surface area (Å²) in [6.45, 7) is 9.20. The highest BCUT2D eigenvalue weighted by molar-refractivity contribution is 5.76. The Morgan fingerprint density at radius 1 is 0.897 bits per heavy atom. The van der Waals surface area contributed by atoms with Crippen molar-refractivity contribution in [2.24, 2.45) is 17.8 Å². The molecule has 1 aliphatic carbocycles. The van der Waals surface area contributed by atoms with Crippen molar-refractivity contribution in [1.29, 1.82) is 0 Å². The monoisotopic (exact) mass is 534 g/mol. The van der Waals surface area contributed by atoms with Crippen LogP contribution in [-0.2, 0) is 4.79 Å². The molecule has 2 aromatic rings. The summed E-state index contributed by atoms with van der Waals surface area (Å²) in [6.07, 6.45) is 14.1. The summed E-state index contributed by atoms with van der Waals surface area (Å²) < 4.78 is 2.67. The minimum Gasteiger partial charge on any atom is -0.480 e. The van der Waals surface area contributed by atoms with E-state index in [-0.39, 0.29) is 6.54 Å². The fourth-order valence-electron chi connectivity index (χ4n) is 9.14. The maximum Gasteiger partial charge on any atom is 0.317 e. The molecular formula is C33H50N4O2. The molecule has 4 fully saturated rings. The van der Waals surface area contributed by atoms with Crippen molar-refractivity contribution in [3.63, 3.8) is 0 Å². The summed E-state index contributed by atoms with van der Waals surface area (Å²) in [5, 5.41) is 9.27. The number of imidazole rings is 1. The second-order valence-electron chi connectivity index (χ2n) is 13.5. The normalized spacial score (nSPS) is 34.9. The number of benzene rings is 1. The van der Waals surface area contributed by atoms with Gasteiger partial charge in [-0.1, -0.05) is 45.7 Å². The predicted octanol–water partition coefficient (Wildman–Crippen LogP) is 6.71. The SMILES string of the molecule is CCC1CC(CC)CC(N2C3CCC(C)C2CC(n2c(C4CCN(CC(=O)O)CC4)nc4ccccc42)C3)C1. The van der Waals surface area contributed by atoms with Crippen LogP contribution in [0.2, 0.25) is 0 Å². The molecule has 6 nitrogen and oxygen atoms in total. The quantitative estimate of drug-likeness (QED) is 0.428. The average molecular weight is 535 g/mol. The third-order valence-corrected chi connectivity index (χ3v) is 11.2. The predicted molar refractivity (Wildman–Crippen MR) is 157 cm³/mol. The number of carboxylic acid groups (broad SMARTS) is 1. The third kappa shape index (κ3) is 5.40. The first-order chi connectivity index (χ1) is 18.9. The molecule has 214 valence electrons. The standard InChI is InChI=1S/C33H50N4O2/c1-4-23-16-24(5-2)18-27(17-23)36-26-11-10-22(3)31(36)20-28(19-26)37-30-9-7-6-8-29(30)34-33(37)25-12-14-35(15-13-25)21-32(38)39/h6-9,22-28,31H,4-5,10-21H2,1-3H3,(H,38,39). The van der Waals surface area contributed by atoms with E-state index in [2.05, 4.69) is 59.4 Å². The van der Waals surface area contributed by atoms with E-state index in [1.54, 1.807) is 0 Å². The van der Waals surface area contributed by atoms with Gasteiger partial charge in [0.15, 0.2) is 0 Å². The van der Waals surface area contributed by atoms with Gasteiger partial charge in [-0.05, 0) is 101 Å². The molecule has 1 aromatic carbocycles. The molecular weight excluding hydrogens is 484 g/mol. The number of nitrogens with zero attached hydrogens (tertiary/aromatic N) is 4. The number of hydrogen-bond acceptors (Lipinski definition) is 4. The molecule has 0 spiro atoms. The Kier molecular flexibility index (Phi) is 8.05. The summed E-state index contributed by atoms with van der Waals surface area (Å²) in [6, 6.07) is 11.4. The molecule has 0 amide bonds. The molecule has 6 rings (SSSR count). The lowest BCUT2D eigenvalue weighted by Gasteiger charge is -2.57. The molecule has 4 heterocycles. The maximum absolute atomic E-state index is 11.3. The van der Waals surface area contributed by atoms with Crippen molar-refractivity contribution < 1.29 is 9.90 Å². The number of fused-ring (bicyclic) bond motifs is 3. The molecule has 2 bridgehead atoms. The Balaban J connectivity index is 1.28. The molecule has 3 aliphatic heterocycles. The van der Waals surface area contributed by atoms with Gasteiger partial charge in [-0.25, -0.2) is 4.98 Å². The van der Waals surface area contributed by atoms with Crippen molar-refractivity contribution in [2.75, 3.05) is 19.6 Å². The van der Waals surface area contributed by atoms with Crippen molar-refractivity contribution in [1.82, 2.24) is 19.4 Å². The first-order valence-corrected chi connectivity index (χ1v) is 16.1. The summed E-state index contributed by atoms with van der Waals surface area (Å²) in [4.78, 5) is 21.7. The van der Waals surface area contributed by atoms with E-state index in [0.717, 1.165) is 55.2 Å². The molecule has 4 aliphatic rings. The van der Waals surface area contributed by atoms with Gasteiger partial charge in [-0.15, -0.1) is 0 Å². The second kappa shape index (κ2) is 11.5. The van der Waals surface area contributed by atoms with E-state index in [0.29, 0.717) is 24.0 Å². The van der Waals surface area contributed by atoms with Gasteiger partial charge in [-0.3, -0.25) is 14.6 Å².